The zero-order valence-electron chi connectivity index (χ0n) is 5.13. The Hall–Kier alpha value is -0.670. The summed E-state index contributed by atoms with van der Waals surface area (Å²) in [5, 5.41) is 0. The van der Waals surface area contributed by atoms with Crippen molar-refractivity contribution in [3.05, 3.63) is 28.2 Å². The fraction of sp³-hybridized carbons (Fsp3) is 0. The van der Waals surface area contributed by atoms with E-state index in [0.717, 1.165) is 9.47 Å². The molecular formula is C7H5NS2. The molecule has 0 saturated carbocycles. The van der Waals surface area contributed by atoms with E-state index in [9.17, 15) is 0 Å². The number of para-hydroxylation sites is 1. The number of H-pyrrole nitrogens is 1. The minimum absolute atomic E-state index is 0.848. The zero-order chi connectivity index (χ0) is 6.97. The highest BCUT2D eigenvalue weighted by Crippen LogP contribution is 2.17. The van der Waals surface area contributed by atoms with Gasteiger partial charge in [0.05, 0.1) is 10.2 Å². The summed E-state index contributed by atoms with van der Waals surface area (Å²) in [4.78, 5) is 3.09. The molecule has 0 spiro atoms. The highest BCUT2D eigenvalue weighted by Gasteiger charge is 1.91. The maximum Gasteiger partial charge on any atom is 0.159 e. The van der Waals surface area contributed by atoms with Gasteiger partial charge in [-0.25, -0.2) is 0 Å². The number of thiazole rings is 1. The molecule has 0 atom stereocenters. The van der Waals surface area contributed by atoms with Gasteiger partial charge in [0.1, 0.15) is 0 Å². The Morgan fingerprint density at radius 2 is 2.10 bits per heavy atom. The standard InChI is InChI=1S/C7H5NS2/c9-7-8-5-3-1-2-4-6(5)10-7/h1-4H,(H,8,9)/i1+1,2+1,3+1,4+1,5+1,6+1. The summed E-state index contributed by atoms with van der Waals surface area (Å²) in [6.07, 6.45) is 0. The van der Waals surface area contributed by atoms with E-state index in [1.165, 1.54) is 4.70 Å². The Balaban J connectivity index is 3.01. The first-order chi connectivity index (χ1) is 4.86. The van der Waals surface area contributed by atoms with E-state index in [2.05, 4.69) is 11.1 Å². The molecule has 2 rings (SSSR count). The third-order valence-electron chi connectivity index (χ3n) is 1.33. The maximum atomic E-state index is 4.98. The largest absolute Gasteiger partial charge is 0.337 e. The molecule has 10 heavy (non-hydrogen) atoms. The Morgan fingerprint density at radius 3 is 2.90 bits per heavy atom. The molecule has 1 N–H and O–H groups in total. The Morgan fingerprint density at radius 1 is 1.30 bits per heavy atom. The number of aromatic amines is 1. The molecule has 0 unspecified atom stereocenters. The molecule has 0 saturated heterocycles. The number of hydrogen-bond donors (Lipinski definition) is 1. The number of fused-ring (bicyclic) bond motifs is 1. The van der Waals surface area contributed by atoms with Crippen LogP contribution in [-0.2, 0) is 0 Å². The molecule has 1 aromatic heterocycles. The van der Waals surface area contributed by atoms with Crippen LogP contribution >= 0.6 is 23.6 Å². The van der Waals surface area contributed by atoms with E-state index in [4.69, 9.17) is 12.2 Å². The van der Waals surface area contributed by atoms with Crippen LogP contribution in [0.5, 0.6) is 0 Å². The molecule has 1 aromatic carbocycles. The predicted octanol–water partition coefficient (Wildman–Crippen LogP) is 2.96. The SMILES string of the molecule is S=c1[nH][13c]2[13cH][13cH][13cH][13cH][13c]2s1. The van der Waals surface area contributed by atoms with Gasteiger partial charge in [-0.1, -0.05) is 12.1 Å². The van der Waals surface area contributed by atoms with Crippen molar-refractivity contribution in [2.75, 3.05) is 0 Å². The quantitative estimate of drug-likeness (QED) is 0.605. The molecule has 0 aliphatic carbocycles. The van der Waals surface area contributed by atoms with Gasteiger partial charge >= 0.3 is 0 Å². The average molecular weight is 173 g/mol. The van der Waals surface area contributed by atoms with Crippen molar-refractivity contribution in [2.24, 2.45) is 0 Å². The van der Waals surface area contributed by atoms with E-state index in [1.54, 1.807) is 11.3 Å². The Labute approximate surface area is 67.3 Å². The highest BCUT2D eigenvalue weighted by molar-refractivity contribution is 7.73. The summed E-state index contributed by atoms with van der Waals surface area (Å²) in [6.45, 7) is 0. The molecule has 3 heteroatoms. The normalized spacial score (nSPS) is 10.4. The molecule has 0 aliphatic heterocycles. The average Bonchev–Trinajstić information content (AvgIpc) is 2.27. The van der Waals surface area contributed by atoms with Crippen molar-refractivity contribution < 1.29 is 0 Å². The second-order valence-electron chi connectivity index (χ2n) is 2.01. The second-order valence-corrected chi connectivity index (χ2v) is 3.73. The van der Waals surface area contributed by atoms with Crippen LogP contribution < -0.4 is 0 Å². The van der Waals surface area contributed by atoms with Crippen LogP contribution in [0.2, 0.25) is 0 Å². The van der Waals surface area contributed by atoms with E-state index in [0.29, 0.717) is 0 Å². The number of rotatable bonds is 0. The first-order valence-corrected chi connectivity index (χ1v) is 4.16. The van der Waals surface area contributed by atoms with Crippen molar-refractivity contribution >= 4 is 33.8 Å². The topological polar surface area (TPSA) is 15.8 Å². The van der Waals surface area contributed by atoms with Crippen molar-refractivity contribution in [1.29, 1.82) is 0 Å². The second kappa shape index (κ2) is 2.18. The van der Waals surface area contributed by atoms with Crippen LogP contribution in [0.4, 0.5) is 0 Å². The molecular weight excluding hydrogens is 168 g/mol. The summed E-state index contributed by atoms with van der Waals surface area (Å²) >= 11 is 6.59. The molecule has 0 radical (unpaired) electrons. The molecule has 0 bridgehead atoms. The monoisotopic (exact) mass is 173 g/mol. The third-order valence-corrected chi connectivity index (χ3v) is 2.54. The molecule has 2 aromatic rings. The van der Waals surface area contributed by atoms with Gasteiger partial charge in [0.15, 0.2) is 3.95 Å². The van der Waals surface area contributed by atoms with Gasteiger partial charge in [-0.3, -0.25) is 0 Å². The van der Waals surface area contributed by atoms with Crippen molar-refractivity contribution in [2.45, 2.75) is 0 Å². The Kier molecular flexibility index (Phi) is 1.32. The minimum Gasteiger partial charge on any atom is -0.337 e. The first-order valence-electron chi connectivity index (χ1n) is 2.94. The van der Waals surface area contributed by atoms with Crippen LogP contribution in [-0.4, -0.2) is 4.98 Å². The van der Waals surface area contributed by atoms with Crippen LogP contribution in [0.25, 0.3) is 10.2 Å². The lowest BCUT2D eigenvalue weighted by Gasteiger charge is -1.81. The lowest BCUT2D eigenvalue weighted by atomic mass is 11.3. The zero-order valence-corrected chi connectivity index (χ0v) is 6.76. The summed E-state index contributed by atoms with van der Waals surface area (Å²) in [5.74, 6) is 0. The van der Waals surface area contributed by atoms with Gasteiger partial charge in [0, 0.05) is 0 Å². The van der Waals surface area contributed by atoms with Crippen molar-refractivity contribution in [3.8, 4) is 0 Å². The first kappa shape index (κ1) is 6.07. The van der Waals surface area contributed by atoms with Crippen LogP contribution in [0.1, 0.15) is 0 Å². The van der Waals surface area contributed by atoms with Gasteiger partial charge < -0.3 is 4.98 Å². The molecule has 0 aliphatic rings. The maximum absolute atomic E-state index is 4.98. The third kappa shape index (κ3) is 0.874. The van der Waals surface area contributed by atoms with Crippen molar-refractivity contribution in [1.82, 2.24) is 4.98 Å². The molecule has 1 nitrogen and oxygen atoms in total. The molecule has 0 fully saturated rings. The number of benzene rings is 1. The number of aromatic nitrogens is 1. The Bertz CT molecular complexity index is 363. The predicted molar refractivity (Wildman–Crippen MR) is 47.0 cm³/mol. The van der Waals surface area contributed by atoms with Crippen LogP contribution in [0.3, 0.4) is 0 Å². The molecule has 50 valence electrons. The van der Waals surface area contributed by atoms with E-state index >= 15 is 0 Å². The van der Waals surface area contributed by atoms with Crippen LogP contribution in [0, 0.1) is 3.95 Å². The van der Waals surface area contributed by atoms with Crippen LogP contribution in [0.15, 0.2) is 24.3 Å². The smallest absolute Gasteiger partial charge is 0.159 e. The minimum atomic E-state index is 0.848. The van der Waals surface area contributed by atoms with Gasteiger partial charge in [0.2, 0.25) is 0 Å². The molecule has 0 amide bonds. The van der Waals surface area contributed by atoms with Gasteiger partial charge in [-0.05, 0) is 24.4 Å². The fourth-order valence-electron chi connectivity index (χ4n) is 0.894. The van der Waals surface area contributed by atoms with E-state index < -0.39 is 0 Å². The van der Waals surface area contributed by atoms with Gasteiger partial charge in [-0.15, -0.1) is 11.3 Å². The summed E-state index contributed by atoms with van der Waals surface area (Å²) in [6, 6.07) is 8.11. The highest BCUT2D eigenvalue weighted by atomic mass is 32.2. The lowest BCUT2D eigenvalue weighted by Crippen LogP contribution is -1.62. The number of nitrogens with one attached hydrogen (secondary N) is 1. The summed E-state index contributed by atoms with van der Waals surface area (Å²) in [7, 11) is 0. The van der Waals surface area contributed by atoms with E-state index in [1.807, 2.05) is 18.2 Å². The van der Waals surface area contributed by atoms with Gasteiger partial charge in [0.25, 0.3) is 0 Å². The molecule has 1 heterocycles. The summed E-state index contributed by atoms with van der Waals surface area (Å²) in [5.41, 5.74) is 1.14. The van der Waals surface area contributed by atoms with Gasteiger partial charge in [-0.2, -0.15) is 0 Å². The summed E-state index contributed by atoms with van der Waals surface area (Å²) < 4.78 is 2.08. The van der Waals surface area contributed by atoms with E-state index in [-0.39, 0.29) is 0 Å². The lowest BCUT2D eigenvalue weighted by molar-refractivity contribution is 1.47. The van der Waals surface area contributed by atoms with Crippen molar-refractivity contribution in [3.63, 3.8) is 0 Å². The fourth-order valence-corrected chi connectivity index (χ4v) is 2.01. The number of hydrogen-bond acceptors (Lipinski definition) is 2.